The molecular formula is C11H22N2O. The fraction of sp³-hybridized carbons (Fsp3) is 0.909. The van der Waals surface area contributed by atoms with Crippen LogP contribution in [0.15, 0.2) is 0 Å². The second-order valence-corrected chi connectivity index (χ2v) is 4.03. The average Bonchev–Trinajstić information content (AvgIpc) is 2.71. The van der Waals surface area contributed by atoms with Gasteiger partial charge in [0.1, 0.15) is 0 Å². The molecule has 1 unspecified atom stereocenters. The molecule has 1 aliphatic rings. The summed E-state index contributed by atoms with van der Waals surface area (Å²) in [5, 5.41) is 3.26. The summed E-state index contributed by atoms with van der Waals surface area (Å²) in [6, 6.07) is 0.457. The minimum absolute atomic E-state index is 0.0870. The molecule has 1 N–H and O–H groups in total. The largest absolute Gasteiger partial charge is 0.339 e. The molecule has 0 aromatic heterocycles. The number of amides is 1. The quantitative estimate of drug-likeness (QED) is 0.740. The van der Waals surface area contributed by atoms with Crippen LogP contribution in [-0.4, -0.2) is 36.0 Å². The molecule has 1 amide bonds. The number of nitrogens with zero attached hydrogens (tertiary/aromatic N) is 1. The van der Waals surface area contributed by atoms with Crippen molar-refractivity contribution < 1.29 is 4.79 Å². The Balaban J connectivity index is 2.54. The van der Waals surface area contributed by atoms with Crippen LogP contribution in [0.2, 0.25) is 0 Å². The summed E-state index contributed by atoms with van der Waals surface area (Å²) >= 11 is 0. The molecule has 0 saturated carbocycles. The summed E-state index contributed by atoms with van der Waals surface area (Å²) in [5.41, 5.74) is 0. The minimum atomic E-state index is 0.0870. The van der Waals surface area contributed by atoms with Gasteiger partial charge in [0, 0.05) is 12.6 Å². The highest BCUT2D eigenvalue weighted by atomic mass is 16.2. The van der Waals surface area contributed by atoms with Crippen molar-refractivity contribution in [2.75, 3.05) is 13.1 Å². The van der Waals surface area contributed by atoms with Crippen LogP contribution in [0.4, 0.5) is 0 Å². The van der Waals surface area contributed by atoms with E-state index in [-0.39, 0.29) is 6.04 Å². The topological polar surface area (TPSA) is 32.3 Å². The van der Waals surface area contributed by atoms with Crippen LogP contribution in [0.3, 0.4) is 0 Å². The molecule has 1 saturated heterocycles. The Bertz CT molecular complexity index is 188. The molecule has 0 spiro atoms. The van der Waals surface area contributed by atoms with E-state index >= 15 is 0 Å². The average molecular weight is 198 g/mol. The zero-order valence-corrected chi connectivity index (χ0v) is 9.55. The van der Waals surface area contributed by atoms with Gasteiger partial charge in [-0.3, -0.25) is 4.79 Å². The third-order valence-electron chi connectivity index (χ3n) is 3.11. The number of likely N-dealkylation sites (N-methyl/N-ethyl adjacent to an activating group) is 1. The van der Waals surface area contributed by atoms with Crippen LogP contribution in [0.1, 0.15) is 40.0 Å². The number of hydrogen-bond donors (Lipinski definition) is 1. The number of rotatable bonds is 4. The maximum absolute atomic E-state index is 12.0. The SMILES string of the molecule is CCC(C)N(CC)C(=O)[C@H]1CCCN1. The molecule has 0 aromatic rings. The number of carbonyl (C=O) groups is 1. The van der Waals surface area contributed by atoms with Gasteiger partial charge >= 0.3 is 0 Å². The molecule has 3 heteroatoms. The van der Waals surface area contributed by atoms with Crippen molar-refractivity contribution >= 4 is 5.91 Å². The van der Waals surface area contributed by atoms with Gasteiger partial charge in [-0.25, -0.2) is 0 Å². The lowest BCUT2D eigenvalue weighted by Gasteiger charge is -2.29. The molecule has 0 aromatic carbocycles. The Morgan fingerprint density at radius 3 is 2.71 bits per heavy atom. The lowest BCUT2D eigenvalue weighted by atomic mass is 10.1. The predicted molar refractivity (Wildman–Crippen MR) is 58.2 cm³/mol. The maximum Gasteiger partial charge on any atom is 0.239 e. The van der Waals surface area contributed by atoms with Crippen LogP contribution >= 0.6 is 0 Å². The van der Waals surface area contributed by atoms with E-state index in [4.69, 9.17) is 0 Å². The lowest BCUT2D eigenvalue weighted by molar-refractivity contribution is -0.134. The van der Waals surface area contributed by atoms with Gasteiger partial charge < -0.3 is 10.2 Å². The first-order valence-corrected chi connectivity index (χ1v) is 5.74. The van der Waals surface area contributed by atoms with Gasteiger partial charge in [-0.05, 0) is 39.7 Å². The monoisotopic (exact) mass is 198 g/mol. The van der Waals surface area contributed by atoms with Crippen molar-refractivity contribution in [2.45, 2.75) is 52.1 Å². The van der Waals surface area contributed by atoms with Gasteiger partial charge in [-0.2, -0.15) is 0 Å². The van der Waals surface area contributed by atoms with Crippen molar-refractivity contribution in [2.24, 2.45) is 0 Å². The molecule has 3 nitrogen and oxygen atoms in total. The normalized spacial score (nSPS) is 23.5. The van der Waals surface area contributed by atoms with Crippen molar-refractivity contribution in [3.8, 4) is 0 Å². The fourth-order valence-electron chi connectivity index (χ4n) is 2.00. The Morgan fingerprint density at radius 2 is 2.29 bits per heavy atom. The number of carbonyl (C=O) groups excluding carboxylic acids is 1. The van der Waals surface area contributed by atoms with E-state index in [1.54, 1.807) is 0 Å². The van der Waals surface area contributed by atoms with E-state index in [2.05, 4.69) is 26.1 Å². The minimum Gasteiger partial charge on any atom is -0.339 e. The zero-order chi connectivity index (χ0) is 10.6. The van der Waals surface area contributed by atoms with E-state index in [1.807, 2.05) is 4.90 Å². The molecule has 0 bridgehead atoms. The van der Waals surface area contributed by atoms with Gasteiger partial charge in [0.15, 0.2) is 0 Å². The van der Waals surface area contributed by atoms with Crippen molar-refractivity contribution in [1.82, 2.24) is 10.2 Å². The summed E-state index contributed by atoms with van der Waals surface area (Å²) in [4.78, 5) is 14.0. The highest BCUT2D eigenvalue weighted by Gasteiger charge is 2.27. The first-order valence-electron chi connectivity index (χ1n) is 5.74. The summed E-state index contributed by atoms with van der Waals surface area (Å²) in [7, 11) is 0. The molecule has 14 heavy (non-hydrogen) atoms. The first-order chi connectivity index (χ1) is 6.70. The second-order valence-electron chi connectivity index (χ2n) is 4.03. The third kappa shape index (κ3) is 2.47. The van der Waals surface area contributed by atoms with E-state index in [9.17, 15) is 4.79 Å². The molecule has 0 aliphatic carbocycles. The number of hydrogen-bond acceptors (Lipinski definition) is 2. The lowest BCUT2D eigenvalue weighted by Crippen LogP contribution is -2.47. The van der Waals surface area contributed by atoms with Crippen molar-refractivity contribution in [1.29, 1.82) is 0 Å². The van der Waals surface area contributed by atoms with Crippen LogP contribution in [0, 0.1) is 0 Å². The van der Waals surface area contributed by atoms with E-state index in [0.717, 1.165) is 32.4 Å². The zero-order valence-electron chi connectivity index (χ0n) is 9.55. The van der Waals surface area contributed by atoms with Crippen molar-refractivity contribution in [3.63, 3.8) is 0 Å². The molecule has 1 aliphatic heterocycles. The number of nitrogens with one attached hydrogen (secondary N) is 1. The summed E-state index contributed by atoms with van der Waals surface area (Å²) in [6.07, 6.45) is 3.17. The molecule has 2 atom stereocenters. The van der Waals surface area contributed by atoms with Crippen LogP contribution in [0.25, 0.3) is 0 Å². The molecule has 0 radical (unpaired) electrons. The van der Waals surface area contributed by atoms with E-state index in [1.165, 1.54) is 0 Å². The molecule has 1 fully saturated rings. The second kappa shape index (κ2) is 5.35. The molecule has 82 valence electrons. The maximum atomic E-state index is 12.0. The Hall–Kier alpha value is -0.570. The highest BCUT2D eigenvalue weighted by Crippen LogP contribution is 2.12. The van der Waals surface area contributed by atoms with Gasteiger partial charge in [0.25, 0.3) is 0 Å². The molecule has 1 rings (SSSR count). The Morgan fingerprint density at radius 1 is 1.57 bits per heavy atom. The van der Waals surface area contributed by atoms with Crippen LogP contribution in [-0.2, 0) is 4.79 Å². The van der Waals surface area contributed by atoms with E-state index in [0.29, 0.717) is 11.9 Å². The van der Waals surface area contributed by atoms with Crippen LogP contribution in [0.5, 0.6) is 0 Å². The Labute approximate surface area is 86.9 Å². The standard InChI is InChI=1S/C11H22N2O/c1-4-9(3)13(5-2)11(14)10-7-6-8-12-10/h9-10,12H,4-8H2,1-3H3/t9?,10-/m1/s1. The summed E-state index contributed by atoms with van der Waals surface area (Å²) in [6.45, 7) is 8.12. The van der Waals surface area contributed by atoms with Gasteiger partial charge in [0.2, 0.25) is 5.91 Å². The van der Waals surface area contributed by atoms with Crippen molar-refractivity contribution in [3.05, 3.63) is 0 Å². The first kappa shape index (κ1) is 11.5. The third-order valence-corrected chi connectivity index (χ3v) is 3.11. The van der Waals surface area contributed by atoms with Gasteiger partial charge in [0.05, 0.1) is 6.04 Å². The van der Waals surface area contributed by atoms with Gasteiger partial charge in [-0.15, -0.1) is 0 Å². The Kier molecular flexibility index (Phi) is 4.39. The van der Waals surface area contributed by atoms with E-state index < -0.39 is 0 Å². The highest BCUT2D eigenvalue weighted by molar-refractivity contribution is 5.82. The molecule has 1 heterocycles. The summed E-state index contributed by atoms with van der Waals surface area (Å²) < 4.78 is 0. The fourth-order valence-corrected chi connectivity index (χ4v) is 2.00. The summed E-state index contributed by atoms with van der Waals surface area (Å²) in [5.74, 6) is 0.291. The van der Waals surface area contributed by atoms with Gasteiger partial charge in [-0.1, -0.05) is 6.92 Å². The predicted octanol–water partition coefficient (Wildman–Crippen LogP) is 1.39. The smallest absolute Gasteiger partial charge is 0.239 e. The van der Waals surface area contributed by atoms with Crippen LogP contribution < -0.4 is 5.32 Å². The molecular weight excluding hydrogens is 176 g/mol.